The molecule has 0 fully saturated rings. The van der Waals surface area contributed by atoms with Gasteiger partial charge in [0.1, 0.15) is 23.2 Å². The van der Waals surface area contributed by atoms with Gasteiger partial charge in [-0.2, -0.15) is 0 Å². The Bertz CT molecular complexity index is 699. The number of benzene rings is 2. The average Bonchev–Trinajstić information content (AvgIpc) is 2.93. The number of fused-ring (bicyclic) bond motifs is 1. The van der Waals surface area contributed by atoms with Gasteiger partial charge in [-0.05, 0) is 60.7 Å². The molecular formula is C17H16FNOS. The first-order chi connectivity index (χ1) is 10.1. The Kier molecular flexibility index (Phi) is 3.88. The van der Waals surface area contributed by atoms with Gasteiger partial charge in [0.25, 0.3) is 0 Å². The maximum absolute atomic E-state index is 13.8. The Hall–Kier alpha value is -1.94. The van der Waals surface area contributed by atoms with Crippen LogP contribution in [0.3, 0.4) is 0 Å². The van der Waals surface area contributed by atoms with Gasteiger partial charge >= 0.3 is 0 Å². The van der Waals surface area contributed by atoms with Crippen LogP contribution in [0.4, 0.5) is 4.39 Å². The summed E-state index contributed by atoms with van der Waals surface area (Å²) in [5, 5.41) is 0. The van der Waals surface area contributed by atoms with Crippen molar-refractivity contribution < 1.29 is 9.13 Å². The number of ether oxygens (including phenoxy) is 1. The molecule has 2 aromatic rings. The number of rotatable bonds is 4. The van der Waals surface area contributed by atoms with Crippen LogP contribution in [0.1, 0.15) is 28.7 Å². The first-order valence-electron chi connectivity index (χ1n) is 6.96. The molecule has 0 unspecified atom stereocenters. The van der Waals surface area contributed by atoms with Crippen molar-refractivity contribution in [2.75, 3.05) is 0 Å². The molecular weight excluding hydrogens is 285 g/mol. The highest BCUT2D eigenvalue weighted by Crippen LogP contribution is 2.26. The first kappa shape index (κ1) is 14.0. The normalized spacial score (nSPS) is 13.0. The van der Waals surface area contributed by atoms with Crippen LogP contribution in [0.15, 0.2) is 36.4 Å². The van der Waals surface area contributed by atoms with Crippen molar-refractivity contribution in [3.05, 3.63) is 64.5 Å². The van der Waals surface area contributed by atoms with E-state index >= 15 is 0 Å². The van der Waals surface area contributed by atoms with Gasteiger partial charge in [-0.1, -0.05) is 18.3 Å². The maximum Gasteiger partial charge on any atom is 0.129 e. The largest absolute Gasteiger partial charge is 0.489 e. The minimum absolute atomic E-state index is 0.168. The van der Waals surface area contributed by atoms with Gasteiger partial charge in [0.2, 0.25) is 0 Å². The van der Waals surface area contributed by atoms with E-state index in [1.165, 1.54) is 23.6 Å². The quantitative estimate of drug-likeness (QED) is 0.878. The van der Waals surface area contributed by atoms with E-state index < -0.39 is 0 Å². The smallest absolute Gasteiger partial charge is 0.129 e. The van der Waals surface area contributed by atoms with E-state index in [1.54, 1.807) is 12.1 Å². The number of thiocarbonyl (C=S) groups is 1. The molecule has 2 aromatic carbocycles. The minimum atomic E-state index is -0.309. The SMILES string of the molecule is NC(=S)c1ccc(F)c(COc2ccc3c(c2)CCC3)c1. The topological polar surface area (TPSA) is 35.2 Å². The molecule has 0 spiro atoms. The Morgan fingerprint density at radius 2 is 1.95 bits per heavy atom. The van der Waals surface area contributed by atoms with Crippen LogP contribution in [-0.2, 0) is 19.4 Å². The van der Waals surface area contributed by atoms with Gasteiger partial charge in [-0.3, -0.25) is 0 Å². The number of halogens is 1. The molecule has 0 aliphatic heterocycles. The summed E-state index contributed by atoms with van der Waals surface area (Å²) in [6, 6.07) is 10.7. The molecule has 0 atom stereocenters. The lowest BCUT2D eigenvalue weighted by Gasteiger charge is -2.10. The van der Waals surface area contributed by atoms with Gasteiger partial charge in [0.05, 0.1) is 0 Å². The minimum Gasteiger partial charge on any atom is -0.489 e. The molecule has 108 valence electrons. The molecule has 0 aromatic heterocycles. The van der Waals surface area contributed by atoms with Gasteiger partial charge in [0.15, 0.2) is 0 Å². The third-order valence-electron chi connectivity index (χ3n) is 3.79. The average molecular weight is 301 g/mol. The molecule has 0 saturated heterocycles. The van der Waals surface area contributed by atoms with Crippen LogP contribution < -0.4 is 10.5 Å². The fourth-order valence-corrected chi connectivity index (χ4v) is 2.76. The summed E-state index contributed by atoms with van der Waals surface area (Å²) in [6.07, 6.45) is 3.43. The molecule has 0 saturated carbocycles. The summed E-state index contributed by atoms with van der Waals surface area (Å²) in [5.41, 5.74) is 9.41. The lowest BCUT2D eigenvalue weighted by molar-refractivity contribution is 0.299. The van der Waals surface area contributed by atoms with Crippen LogP contribution in [0, 0.1) is 5.82 Å². The fourth-order valence-electron chi connectivity index (χ4n) is 2.64. The highest BCUT2D eigenvalue weighted by Gasteiger charge is 2.12. The van der Waals surface area contributed by atoms with E-state index in [1.807, 2.05) is 6.07 Å². The summed E-state index contributed by atoms with van der Waals surface area (Å²) in [5.74, 6) is 0.465. The van der Waals surface area contributed by atoms with Crippen molar-refractivity contribution in [2.24, 2.45) is 5.73 Å². The highest BCUT2D eigenvalue weighted by atomic mass is 32.1. The summed E-state index contributed by atoms with van der Waals surface area (Å²) >= 11 is 4.91. The van der Waals surface area contributed by atoms with E-state index in [4.69, 9.17) is 22.7 Å². The van der Waals surface area contributed by atoms with Gasteiger partial charge in [-0.15, -0.1) is 0 Å². The second-order valence-electron chi connectivity index (χ2n) is 5.24. The van der Waals surface area contributed by atoms with Crippen molar-refractivity contribution >= 4 is 17.2 Å². The van der Waals surface area contributed by atoms with Gasteiger partial charge in [-0.25, -0.2) is 4.39 Å². The Morgan fingerprint density at radius 1 is 1.14 bits per heavy atom. The molecule has 21 heavy (non-hydrogen) atoms. The molecule has 0 heterocycles. The monoisotopic (exact) mass is 301 g/mol. The van der Waals surface area contributed by atoms with Crippen molar-refractivity contribution in [3.8, 4) is 5.75 Å². The molecule has 0 bridgehead atoms. The standard InChI is InChI=1S/C17H16FNOS/c18-16-7-5-13(17(19)21)8-14(16)10-20-15-6-4-11-2-1-3-12(11)9-15/h4-9H,1-3,10H2,(H2,19,21). The Balaban J connectivity index is 1.75. The first-order valence-corrected chi connectivity index (χ1v) is 7.37. The second-order valence-corrected chi connectivity index (χ2v) is 5.68. The number of aryl methyl sites for hydroxylation is 2. The Labute approximate surface area is 128 Å². The van der Waals surface area contributed by atoms with Gasteiger partial charge in [0, 0.05) is 11.1 Å². The number of hydrogen-bond donors (Lipinski definition) is 1. The van der Waals surface area contributed by atoms with E-state index in [2.05, 4.69) is 12.1 Å². The van der Waals surface area contributed by atoms with Gasteiger partial charge < -0.3 is 10.5 Å². The van der Waals surface area contributed by atoms with Crippen LogP contribution in [0.2, 0.25) is 0 Å². The third kappa shape index (κ3) is 3.05. The van der Waals surface area contributed by atoms with Crippen molar-refractivity contribution in [3.63, 3.8) is 0 Å². The molecule has 0 amide bonds. The fraction of sp³-hybridized carbons (Fsp3) is 0.235. The molecule has 0 radical (unpaired) electrons. The second kappa shape index (κ2) is 5.82. The zero-order valence-electron chi connectivity index (χ0n) is 11.6. The maximum atomic E-state index is 13.8. The molecule has 1 aliphatic carbocycles. The highest BCUT2D eigenvalue weighted by molar-refractivity contribution is 7.80. The van der Waals surface area contributed by atoms with Crippen LogP contribution in [-0.4, -0.2) is 4.99 Å². The van der Waals surface area contributed by atoms with E-state index in [0.29, 0.717) is 11.1 Å². The van der Waals surface area contributed by atoms with E-state index in [0.717, 1.165) is 18.6 Å². The predicted molar refractivity (Wildman–Crippen MR) is 85.1 cm³/mol. The van der Waals surface area contributed by atoms with E-state index in [9.17, 15) is 4.39 Å². The lowest BCUT2D eigenvalue weighted by Crippen LogP contribution is -2.10. The van der Waals surface area contributed by atoms with E-state index in [-0.39, 0.29) is 17.4 Å². The molecule has 1 aliphatic rings. The molecule has 2 N–H and O–H groups in total. The third-order valence-corrected chi connectivity index (χ3v) is 4.03. The van der Waals surface area contributed by atoms with Crippen LogP contribution in [0.25, 0.3) is 0 Å². The van der Waals surface area contributed by atoms with Crippen molar-refractivity contribution in [1.29, 1.82) is 0 Å². The summed E-state index contributed by atoms with van der Waals surface area (Å²) < 4.78 is 19.5. The van der Waals surface area contributed by atoms with Crippen molar-refractivity contribution in [2.45, 2.75) is 25.9 Å². The molecule has 3 rings (SSSR count). The number of hydrogen-bond acceptors (Lipinski definition) is 2. The lowest BCUT2D eigenvalue weighted by atomic mass is 10.1. The molecule has 2 nitrogen and oxygen atoms in total. The van der Waals surface area contributed by atoms with Crippen molar-refractivity contribution in [1.82, 2.24) is 0 Å². The molecule has 4 heteroatoms. The Morgan fingerprint density at radius 3 is 2.76 bits per heavy atom. The summed E-state index contributed by atoms with van der Waals surface area (Å²) in [6.45, 7) is 0.168. The summed E-state index contributed by atoms with van der Waals surface area (Å²) in [4.78, 5) is 0.258. The van der Waals surface area contributed by atoms with Crippen LogP contribution >= 0.6 is 12.2 Å². The number of nitrogens with two attached hydrogens (primary N) is 1. The summed E-state index contributed by atoms with van der Waals surface area (Å²) in [7, 11) is 0. The zero-order valence-corrected chi connectivity index (χ0v) is 12.4. The zero-order chi connectivity index (χ0) is 14.8. The van der Waals surface area contributed by atoms with Crippen LogP contribution in [0.5, 0.6) is 5.75 Å². The predicted octanol–water partition coefficient (Wildman–Crippen LogP) is 3.53.